The third-order valence-electron chi connectivity index (χ3n) is 4.11. The van der Waals surface area contributed by atoms with E-state index in [0.29, 0.717) is 18.1 Å². The number of hydrogen-bond donors (Lipinski definition) is 0. The van der Waals surface area contributed by atoms with E-state index in [9.17, 15) is 13.2 Å². The molecule has 0 spiro atoms. The number of piperazine rings is 1. The van der Waals surface area contributed by atoms with Crippen molar-refractivity contribution in [1.82, 2.24) is 9.88 Å². The van der Waals surface area contributed by atoms with Crippen LogP contribution in [0, 0.1) is 3.57 Å². The van der Waals surface area contributed by atoms with Crippen LogP contribution in [0.3, 0.4) is 0 Å². The molecule has 1 aromatic rings. The Morgan fingerprint density at radius 3 is 2.43 bits per heavy atom. The number of halogens is 5. The van der Waals surface area contributed by atoms with Crippen LogP contribution in [-0.4, -0.2) is 47.8 Å². The smallest absolute Gasteiger partial charge is 0.353 e. The Labute approximate surface area is 139 Å². The second-order valence-corrected chi connectivity index (χ2v) is 7.10. The van der Waals surface area contributed by atoms with Gasteiger partial charge in [-0.15, -0.1) is 0 Å². The van der Waals surface area contributed by atoms with Crippen molar-refractivity contribution in [3.05, 3.63) is 20.9 Å². The van der Waals surface area contributed by atoms with Gasteiger partial charge in [0.15, 0.2) is 0 Å². The molecule has 3 nitrogen and oxygen atoms in total. The summed E-state index contributed by atoms with van der Waals surface area (Å²) in [4.78, 5) is 7.99. The molecule has 0 N–H and O–H groups in total. The summed E-state index contributed by atoms with van der Waals surface area (Å²) in [6, 6.07) is 1.81. The molecule has 2 unspecified atom stereocenters. The number of hydrogen-bond acceptors (Lipinski definition) is 3. The van der Waals surface area contributed by atoms with E-state index in [1.54, 1.807) is 11.1 Å². The molecule has 116 valence electrons. The van der Waals surface area contributed by atoms with Gasteiger partial charge in [-0.2, -0.15) is 13.2 Å². The van der Waals surface area contributed by atoms with E-state index in [1.807, 2.05) is 6.07 Å². The number of alkyl halides is 3. The Balaban J connectivity index is 1.75. The fraction of sp³-hybridized carbons (Fsp3) is 0.615. The number of pyridine rings is 1. The normalized spacial score (nSPS) is 26.4. The van der Waals surface area contributed by atoms with Crippen LogP contribution >= 0.6 is 34.2 Å². The first kappa shape index (κ1) is 15.6. The molecular formula is C13H14ClF3IN3. The largest absolute Gasteiger partial charge is 0.401 e. The van der Waals surface area contributed by atoms with Gasteiger partial charge in [-0.05, 0) is 41.5 Å². The van der Waals surface area contributed by atoms with Gasteiger partial charge >= 0.3 is 6.18 Å². The van der Waals surface area contributed by atoms with Crippen molar-refractivity contribution in [2.75, 3.05) is 24.5 Å². The van der Waals surface area contributed by atoms with Gasteiger partial charge in [0.05, 0.1) is 11.6 Å². The summed E-state index contributed by atoms with van der Waals surface area (Å²) in [5.41, 5.74) is 0. The van der Waals surface area contributed by atoms with Gasteiger partial charge in [0.1, 0.15) is 5.82 Å². The Kier molecular flexibility index (Phi) is 4.26. The lowest BCUT2D eigenvalue weighted by Gasteiger charge is -2.41. The van der Waals surface area contributed by atoms with Crippen molar-refractivity contribution < 1.29 is 13.2 Å². The van der Waals surface area contributed by atoms with Crippen LogP contribution in [0.5, 0.6) is 0 Å². The van der Waals surface area contributed by atoms with Crippen molar-refractivity contribution in [3.63, 3.8) is 0 Å². The zero-order chi connectivity index (χ0) is 15.2. The highest BCUT2D eigenvalue weighted by Crippen LogP contribution is 2.35. The Hall–Kier alpha value is -0.280. The Morgan fingerprint density at radius 2 is 1.90 bits per heavy atom. The van der Waals surface area contributed by atoms with Gasteiger partial charge in [0.2, 0.25) is 0 Å². The first-order valence-electron chi connectivity index (χ1n) is 6.72. The van der Waals surface area contributed by atoms with Crippen LogP contribution in [0.4, 0.5) is 19.0 Å². The van der Waals surface area contributed by atoms with Crippen LogP contribution in [0.1, 0.15) is 12.8 Å². The van der Waals surface area contributed by atoms with E-state index in [4.69, 9.17) is 11.6 Å². The number of aromatic nitrogens is 1. The van der Waals surface area contributed by atoms with Gasteiger partial charge in [-0.1, -0.05) is 11.6 Å². The lowest BCUT2D eigenvalue weighted by atomic mass is 10.2. The van der Waals surface area contributed by atoms with E-state index in [0.717, 1.165) is 22.2 Å². The summed E-state index contributed by atoms with van der Waals surface area (Å²) in [5, 5.41) is 0.595. The van der Waals surface area contributed by atoms with Crippen molar-refractivity contribution in [3.8, 4) is 0 Å². The maximum atomic E-state index is 12.6. The molecule has 2 aliphatic heterocycles. The van der Waals surface area contributed by atoms with E-state index in [1.165, 1.54) is 0 Å². The molecule has 3 heterocycles. The Bertz CT molecular complexity index is 526. The highest BCUT2D eigenvalue weighted by atomic mass is 127. The van der Waals surface area contributed by atoms with Gasteiger partial charge in [-0.25, -0.2) is 4.98 Å². The van der Waals surface area contributed by atoms with Crippen molar-refractivity contribution in [1.29, 1.82) is 0 Å². The Morgan fingerprint density at radius 1 is 1.29 bits per heavy atom. The molecular weight excluding hydrogens is 418 g/mol. The summed E-state index contributed by atoms with van der Waals surface area (Å²) in [6.45, 7) is 0.385. The lowest BCUT2D eigenvalue weighted by molar-refractivity contribution is -0.153. The average Bonchev–Trinajstić information content (AvgIpc) is 2.62. The molecule has 0 aliphatic carbocycles. The van der Waals surface area contributed by atoms with E-state index >= 15 is 0 Å². The minimum atomic E-state index is -4.13. The van der Waals surface area contributed by atoms with Crippen LogP contribution in [0.25, 0.3) is 0 Å². The third-order valence-corrected chi connectivity index (χ3v) is 5.63. The molecule has 0 saturated carbocycles. The second kappa shape index (κ2) is 5.73. The van der Waals surface area contributed by atoms with E-state index in [-0.39, 0.29) is 12.1 Å². The molecule has 3 rings (SSSR count). The van der Waals surface area contributed by atoms with Crippen LogP contribution in [0.15, 0.2) is 12.3 Å². The van der Waals surface area contributed by atoms with Crippen LogP contribution in [-0.2, 0) is 0 Å². The molecule has 8 heteroatoms. The molecule has 2 saturated heterocycles. The predicted octanol–water partition coefficient (Wildman–Crippen LogP) is 3.55. The standard InChI is InChI=1S/C13H14ClF3IN3/c14-10-4-19-12(3-11(10)18)20-5-8-1-2-9(6-20)21(8)7-13(15,16)17/h3-4,8-9H,1-2,5-7H2. The predicted molar refractivity (Wildman–Crippen MR) is 83.7 cm³/mol. The molecule has 2 bridgehead atoms. The first-order valence-corrected chi connectivity index (χ1v) is 8.17. The lowest BCUT2D eigenvalue weighted by Crippen LogP contribution is -2.56. The fourth-order valence-electron chi connectivity index (χ4n) is 3.22. The monoisotopic (exact) mass is 431 g/mol. The van der Waals surface area contributed by atoms with Crippen molar-refractivity contribution >= 4 is 40.0 Å². The quantitative estimate of drug-likeness (QED) is 0.668. The van der Waals surface area contributed by atoms with Crippen LogP contribution in [0.2, 0.25) is 5.02 Å². The zero-order valence-electron chi connectivity index (χ0n) is 11.1. The van der Waals surface area contributed by atoms with Gasteiger partial charge in [0, 0.05) is 34.9 Å². The van der Waals surface area contributed by atoms with Gasteiger partial charge in [-0.3, -0.25) is 4.90 Å². The summed E-state index contributed by atoms with van der Waals surface area (Å²) in [5.74, 6) is 0.798. The van der Waals surface area contributed by atoms with Crippen molar-refractivity contribution in [2.45, 2.75) is 31.1 Å². The summed E-state index contributed by atoms with van der Waals surface area (Å²) >= 11 is 8.10. The maximum Gasteiger partial charge on any atom is 0.401 e. The van der Waals surface area contributed by atoms with Crippen LogP contribution < -0.4 is 4.90 Å². The molecule has 1 aromatic heterocycles. The summed E-state index contributed by atoms with van der Waals surface area (Å²) in [6.07, 6.45) is -0.885. The number of nitrogens with zero attached hydrogens (tertiary/aromatic N) is 3. The van der Waals surface area contributed by atoms with Gasteiger partial charge < -0.3 is 4.90 Å². The minimum absolute atomic E-state index is 0.0412. The number of anilines is 1. The third kappa shape index (κ3) is 3.39. The highest BCUT2D eigenvalue weighted by molar-refractivity contribution is 14.1. The SMILES string of the molecule is FC(F)(F)CN1C2CCC1CN(c1cc(I)c(Cl)cn1)C2. The molecule has 21 heavy (non-hydrogen) atoms. The molecule has 0 radical (unpaired) electrons. The van der Waals surface area contributed by atoms with E-state index < -0.39 is 12.7 Å². The molecule has 2 fully saturated rings. The summed E-state index contributed by atoms with van der Waals surface area (Å²) in [7, 11) is 0. The molecule has 2 atom stereocenters. The fourth-order valence-corrected chi connectivity index (χ4v) is 3.74. The highest BCUT2D eigenvalue weighted by Gasteiger charge is 2.45. The van der Waals surface area contributed by atoms with Crippen molar-refractivity contribution in [2.24, 2.45) is 0 Å². The second-order valence-electron chi connectivity index (χ2n) is 5.53. The summed E-state index contributed by atoms with van der Waals surface area (Å²) < 4.78 is 38.9. The van der Waals surface area contributed by atoms with E-state index in [2.05, 4.69) is 32.5 Å². The number of rotatable bonds is 2. The molecule has 0 amide bonds. The zero-order valence-corrected chi connectivity index (χ0v) is 14.0. The minimum Gasteiger partial charge on any atom is -0.353 e. The molecule has 0 aromatic carbocycles. The van der Waals surface area contributed by atoms with Gasteiger partial charge in [0.25, 0.3) is 0 Å². The maximum absolute atomic E-state index is 12.6. The topological polar surface area (TPSA) is 19.4 Å². The first-order chi connectivity index (χ1) is 9.83. The average molecular weight is 432 g/mol. The number of fused-ring (bicyclic) bond motifs is 2. The molecule has 2 aliphatic rings.